The average molecular weight is 299 g/mol. The van der Waals surface area contributed by atoms with E-state index in [0.717, 1.165) is 35.8 Å². The minimum absolute atomic E-state index is 0.541. The van der Waals surface area contributed by atoms with Gasteiger partial charge < -0.3 is 13.7 Å². The van der Waals surface area contributed by atoms with Crippen LogP contribution in [0.5, 0.6) is 5.75 Å². The molecule has 22 heavy (non-hydrogen) atoms. The number of para-hydroxylation sites is 1. The van der Waals surface area contributed by atoms with Crippen molar-refractivity contribution in [2.45, 2.75) is 26.2 Å². The largest absolute Gasteiger partial charge is 0.496 e. The van der Waals surface area contributed by atoms with Crippen LogP contribution in [-0.2, 0) is 12.8 Å². The summed E-state index contributed by atoms with van der Waals surface area (Å²) in [4.78, 5) is 8.59. The lowest BCUT2D eigenvalue weighted by Crippen LogP contribution is -1.91. The van der Waals surface area contributed by atoms with E-state index in [9.17, 15) is 0 Å². The summed E-state index contributed by atoms with van der Waals surface area (Å²) >= 11 is 0. The Labute approximate surface area is 128 Å². The van der Waals surface area contributed by atoms with E-state index in [1.54, 1.807) is 13.3 Å². The van der Waals surface area contributed by atoms with Crippen LogP contribution in [0.2, 0.25) is 0 Å². The van der Waals surface area contributed by atoms with E-state index in [1.807, 2.05) is 31.2 Å². The van der Waals surface area contributed by atoms with Gasteiger partial charge >= 0.3 is 0 Å². The van der Waals surface area contributed by atoms with Crippen molar-refractivity contribution in [3.63, 3.8) is 0 Å². The highest BCUT2D eigenvalue weighted by Gasteiger charge is 2.12. The molecule has 114 valence electrons. The maximum atomic E-state index is 5.43. The molecule has 0 radical (unpaired) electrons. The van der Waals surface area contributed by atoms with Crippen LogP contribution in [0, 0.1) is 6.92 Å². The lowest BCUT2D eigenvalue weighted by molar-refractivity contribution is 0.372. The lowest BCUT2D eigenvalue weighted by atomic mass is 10.2. The van der Waals surface area contributed by atoms with Crippen molar-refractivity contribution in [2.75, 3.05) is 7.11 Å². The summed E-state index contributed by atoms with van der Waals surface area (Å²) in [5.41, 5.74) is 0.823. The van der Waals surface area contributed by atoms with E-state index in [1.165, 1.54) is 0 Å². The van der Waals surface area contributed by atoms with E-state index in [-0.39, 0.29) is 0 Å². The molecule has 0 aliphatic carbocycles. The van der Waals surface area contributed by atoms with Gasteiger partial charge in [0.1, 0.15) is 11.5 Å². The second-order valence-corrected chi connectivity index (χ2v) is 4.93. The molecule has 6 heteroatoms. The Kier molecular flexibility index (Phi) is 4.18. The predicted molar refractivity (Wildman–Crippen MR) is 79.6 cm³/mol. The predicted octanol–water partition coefficient (Wildman–Crippen LogP) is 3.22. The molecule has 0 fully saturated rings. The number of hydrogen-bond acceptors (Lipinski definition) is 6. The van der Waals surface area contributed by atoms with Crippen LogP contribution < -0.4 is 4.74 Å². The molecule has 0 saturated carbocycles. The fraction of sp³-hybridized carbons (Fsp3) is 0.312. The molecule has 6 nitrogen and oxygen atoms in total. The van der Waals surface area contributed by atoms with Gasteiger partial charge in [-0.25, -0.2) is 4.98 Å². The lowest BCUT2D eigenvalue weighted by Gasteiger charge is -2.02. The molecule has 1 aromatic carbocycles. The van der Waals surface area contributed by atoms with E-state index >= 15 is 0 Å². The van der Waals surface area contributed by atoms with Crippen molar-refractivity contribution in [3.8, 4) is 17.1 Å². The summed E-state index contributed by atoms with van der Waals surface area (Å²) in [7, 11) is 1.62. The van der Waals surface area contributed by atoms with Crippen LogP contribution in [0.3, 0.4) is 0 Å². The number of aromatic nitrogens is 3. The SMILES string of the molecule is COc1ccccc1-c1noc(CCCc2ncc(C)o2)n1. The molecular weight excluding hydrogens is 282 g/mol. The molecular formula is C16H17N3O3. The first-order valence-electron chi connectivity index (χ1n) is 7.13. The molecule has 0 amide bonds. The minimum atomic E-state index is 0.541. The molecule has 0 bridgehead atoms. The van der Waals surface area contributed by atoms with Crippen LogP contribution in [0.4, 0.5) is 0 Å². The van der Waals surface area contributed by atoms with Crippen molar-refractivity contribution < 1.29 is 13.7 Å². The minimum Gasteiger partial charge on any atom is -0.496 e. The number of nitrogens with zero attached hydrogens (tertiary/aromatic N) is 3. The zero-order chi connectivity index (χ0) is 15.4. The van der Waals surface area contributed by atoms with Crippen LogP contribution in [-0.4, -0.2) is 22.2 Å². The molecule has 0 atom stereocenters. The summed E-state index contributed by atoms with van der Waals surface area (Å²) in [6.07, 6.45) is 4.00. The topological polar surface area (TPSA) is 74.2 Å². The standard InChI is InChI=1S/C16H17N3O3/c1-11-10-17-14(21-11)8-5-9-15-18-16(19-22-15)12-6-3-4-7-13(12)20-2/h3-4,6-7,10H,5,8-9H2,1-2H3. The van der Waals surface area contributed by atoms with Crippen LogP contribution in [0.1, 0.15) is 24.0 Å². The number of hydrogen-bond donors (Lipinski definition) is 0. The molecule has 0 saturated heterocycles. The number of benzene rings is 1. The first-order chi connectivity index (χ1) is 10.8. The summed E-state index contributed by atoms with van der Waals surface area (Å²) in [6, 6.07) is 7.60. The van der Waals surface area contributed by atoms with Crippen LogP contribution >= 0.6 is 0 Å². The Bertz CT molecular complexity index is 748. The third-order valence-corrected chi connectivity index (χ3v) is 3.27. The Morgan fingerprint density at radius 2 is 1.95 bits per heavy atom. The molecule has 0 spiro atoms. The number of rotatable bonds is 6. The Morgan fingerprint density at radius 3 is 2.73 bits per heavy atom. The first-order valence-corrected chi connectivity index (χ1v) is 7.13. The zero-order valence-electron chi connectivity index (χ0n) is 12.6. The zero-order valence-corrected chi connectivity index (χ0v) is 12.6. The highest BCUT2D eigenvalue weighted by atomic mass is 16.5. The van der Waals surface area contributed by atoms with Gasteiger partial charge in [0.25, 0.3) is 0 Å². The molecule has 0 aliphatic heterocycles. The Balaban J connectivity index is 1.64. The van der Waals surface area contributed by atoms with Crippen molar-refractivity contribution in [2.24, 2.45) is 0 Å². The normalized spacial score (nSPS) is 10.8. The molecule has 2 aromatic heterocycles. The van der Waals surface area contributed by atoms with Crippen LogP contribution in [0.15, 0.2) is 39.4 Å². The van der Waals surface area contributed by atoms with Gasteiger partial charge in [-0.05, 0) is 25.5 Å². The second kappa shape index (κ2) is 6.43. The molecule has 3 rings (SSSR count). The van der Waals surface area contributed by atoms with Gasteiger partial charge in [0.05, 0.1) is 18.9 Å². The van der Waals surface area contributed by atoms with E-state index in [0.29, 0.717) is 18.1 Å². The summed E-state index contributed by atoms with van der Waals surface area (Å²) in [5, 5.41) is 4.02. The van der Waals surface area contributed by atoms with Gasteiger partial charge in [0.2, 0.25) is 11.7 Å². The van der Waals surface area contributed by atoms with Gasteiger partial charge in [0.15, 0.2) is 5.89 Å². The molecule has 3 aromatic rings. The van der Waals surface area contributed by atoms with Crippen LogP contribution in [0.25, 0.3) is 11.4 Å². The van der Waals surface area contributed by atoms with Crippen molar-refractivity contribution >= 4 is 0 Å². The van der Waals surface area contributed by atoms with Gasteiger partial charge in [-0.15, -0.1) is 0 Å². The number of oxazole rings is 1. The molecule has 0 unspecified atom stereocenters. The Morgan fingerprint density at radius 1 is 1.14 bits per heavy atom. The highest BCUT2D eigenvalue weighted by Crippen LogP contribution is 2.27. The monoisotopic (exact) mass is 299 g/mol. The van der Waals surface area contributed by atoms with E-state index < -0.39 is 0 Å². The summed E-state index contributed by atoms with van der Waals surface area (Å²) in [5.74, 6) is 3.43. The average Bonchev–Trinajstić information content (AvgIpc) is 3.17. The molecule has 0 N–H and O–H groups in total. The van der Waals surface area contributed by atoms with Gasteiger partial charge in [-0.1, -0.05) is 17.3 Å². The summed E-state index contributed by atoms with van der Waals surface area (Å²) < 4.78 is 16.0. The third-order valence-electron chi connectivity index (χ3n) is 3.27. The Hall–Kier alpha value is -2.63. The maximum absolute atomic E-state index is 5.43. The van der Waals surface area contributed by atoms with Crippen molar-refractivity contribution in [3.05, 3.63) is 48.0 Å². The second-order valence-electron chi connectivity index (χ2n) is 4.93. The summed E-state index contributed by atoms with van der Waals surface area (Å²) in [6.45, 7) is 1.88. The van der Waals surface area contributed by atoms with E-state index in [2.05, 4.69) is 15.1 Å². The van der Waals surface area contributed by atoms with Gasteiger partial charge in [-0.2, -0.15) is 4.98 Å². The van der Waals surface area contributed by atoms with Crippen molar-refractivity contribution in [1.29, 1.82) is 0 Å². The fourth-order valence-corrected chi connectivity index (χ4v) is 2.20. The quantitative estimate of drug-likeness (QED) is 0.695. The maximum Gasteiger partial charge on any atom is 0.226 e. The van der Waals surface area contributed by atoms with Gasteiger partial charge in [-0.3, -0.25) is 0 Å². The van der Waals surface area contributed by atoms with E-state index in [4.69, 9.17) is 13.7 Å². The number of methoxy groups -OCH3 is 1. The third kappa shape index (κ3) is 3.16. The highest BCUT2D eigenvalue weighted by molar-refractivity contribution is 5.63. The smallest absolute Gasteiger partial charge is 0.226 e. The number of aryl methyl sites for hydroxylation is 3. The van der Waals surface area contributed by atoms with Gasteiger partial charge in [0, 0.05) is 12.8 Å². The molecule has 2 heterocycles. The number of ether oxygens (including phenoxy) is 1. The first kappa shape index (κ1) is 14.3. The molecule has 0 aliphatic rings. The fourth-order valence-electron chi connectivity index (χ4n) is 2.20. The van der Waals surface area contributed by atoms with Crippen molar-refractivity contribution in [1.82, 2.24) is 15.1 Å².